The molecule has 0 fully saturated rings. The summed E-state index contributed by atoms with van der Waals surface area (Å²) in [6.45, 7) is 8.17. The van der Waals surface area contributed by atoms with Gasteiger partial charge in [-0.25, -0.2) is 4.98 Å². The van der Waals surface area contributed by atoms with E-state index in [2.05, 4.69) is 10.3 Å². The van der Waals surface area contributed by atoms with Crippen LogP contribution in [0.15, 0.2) is 4.42 Å². The van der Waals surface area contributed by atoms with Crippen LogP contribution in [0, 0.1) is 13.8 Å². The normalized spacial score (nSPS) is 13.6. The minimum Gasteiger partial charge on any atom is -0.446 e. The Balaban J connectivity index is 2.60. The molecule has 0 aromatic carbocycles. The Hall–Kier alpha value is -0.870. The van der Waals surface area contributed by atoms with E-state index >= 15 is 0 Å². The number of nitrogens with one attached hydrogen (secondary N) is 1. The van der Waals surface area contributed by atoms with E-state index in [0.29, 0.717) is 29.9 Å². The van der Waals surface area contributed by atoms with Gasteiger partial charge in [0, 0.05) is 19.5 Å². The van der Waals surface area contributed by atoms with Crippen LogP contribution in [0.3, 0.4) is 0 Å². The molecule has 0 radical (unpaired) electrons. The monoisotopic (exact) mass is 198 g/mol. The first kappa shape index (κ1) is 11.2. The topological polar surface area (TPSA) is 58.3 Å². The largest absolute Gasteiger partial charge is 0.446 e. The molecule has 4 nitrogen and oxygen atoms in total. The molecule has 4 heteroatoms. The summed E-state index contributed by atoms with van der Waals surface area (Å²) < 4.78 is 5.24. The molecule has 1 rings (SSSR count). The van der Waals surface area contributed by atoms with Crippen molar-refractivity contribution in [1.82, 2.24) is 10.3 Å². The van der Waals surface area contributed by atoms with Crippen LogP contribution in [0.4, 0.5) is 0 Å². The lowest BCUT2D eigenvalue weighted by Crippen LogP contribution is -2.28. The third-order valence-corrected chi connectivity index (χ3v) is 1.97. The third-order valence-electron chi connectivity index (χ3n) is 1.97. The van der Waals surface area contributed by atoms with Crippen molar-refractivity contribution in [3.63, 3.8) is 0 Å². The number of hydrogen-bond acceptors (Lipinski definition) is 4. The molecule has 0 aliphatic rings. The summed E-state index contributed by atoms with van der Waals surface area (Å²) in [7, 11) is 0. The molecule has 1 atom stereocenters. The Morgan fingerprint density at radius 1 is 1.43 bits per heavy atom. The van der Waals surface area contributed by atoms with Gasteiger partial charge in [-0.1, -0.05) is 13.8 Å². The maximum absolute atomic E-state index is 9.78. The molecule has 0 aliphatic heterocycles. The number of rotatable bonds is 4. The molecule has 2 N–H and O–H groups in total. The van der Waals surface area contributed by atoms with Crippen LogP contribution in [-0.2, 0) is 0 Å². The lowest BCUT2D eigenvalue weighted by Gasteiger charge is -2.12. The second-order valence-corrected chi connectivity index (χ2v) is 3.75. The van der Waals surface area contributed by atoms with Crippen molar-refractivity contribution in [3.05, 3.63) is 17.3 Å². The number of hydrogen-bond donors (Lipinski definition) is 2. The Morgan fingerprint density at radius 3 is 2.50 bits per heavy atom. The minimum atomic E-state index is -0.588. The van der Waals surface area contributed by atoms with E-state index in [1.807, 2.05) is 20.8 Å². The van der Waals surface area contributed by atoms with Crippen molar-refractivity contribution in [2.45, 2.75) is 39.8 Å². The summed E-state index contributed by atoms with van der Waals surface area (Å²) in [5.41, 5.74) is 0.635. The van der Waals surface area contributed by atoms with E-state index in [0.717, 1.165) is 0 Å². The second-order valence-electron chi connectivity index (χ2n) is 3.75. The molecule has 0 aliphatic carbocycles. The van der Waals surface area contributed by atoms with Crippen LogP contribution >= 0.6 is 0 Å². The Morgan fingerprint density at radius 2 is 2.07 bits per heavy atom. The number of aromatic nitrogens is 1. The molecule has 1 aromatic rings. The van der Waals surface area contributed by atoms with Crippen LogP contribution in [0.2, 0.25) is 0 Å². The highest BCUT2D eigenvalue weighted by Crippen LogP contribution is 2.16. The summed E-state index contributed by atoms with van der Waals surface area (Å²) in [6, 6.07) is 0.359. The molecule has 1 aromatic heterocycles. The zero-order valence-electron chi connectivity index (χ0n) is 9.16. The predicted octanol–water partition coefficient (Wildman–Crippen LogP) is 1.32. The van der Waals surface area contributed by atoms with Crippen LogP contribution in [0.5, 0.6) is 0 Å². The van der Waals surface area contributed by atoms with E-state index in [9.17, 15) is 5.11 Å². The highest BCUT2D eigenvalue weighted by molar-refractivity contribution is 5.11. The first-order chi connectivity index (χ1) is 6.50. The van der Waals surface area contributed by atoms with Crippen molar-refractivity contribution in [2.24, 2.45) is 0 Å². The molecule has 80 valence electrons. The summed E-state index contributed by atoms with van der Waals surface area (Å²) in [6.07, 6.45) is -0.588. The molecule has 0 amide bonds. The van der Waals surface area contributed by atoms with Gasteiger partial charge in [-0.2, -0.15) is 0 Å². The van der Waals surface area contributed by atoms with Gasteiger partial charge < -0.3 is 14.8 Å². The van der Waals surface area contributed by atoms with Crippen LogP contribution in [0.25, 0.3) is 0 Å². The van der Waals surface area contributed by atoms with E-state index in [4.69, 9.17) is 4.42 Å². The standard InChI is InChI=1S/C10H18N2O2/c1-6(2)11-5-9(13)10-7(3)14-8(4)12-10/h6,9,11,13H,5H2,1-4H3. The van der Waals surface area contributed by atoms with E-state index in [1.54, 1.807) is 6.92 Å². The van der Waals surface area contributed by atoms with Gasteiger partial charge >= 0.3 is 0 Å². The molecule has 0 bridgehead atoms. The number of aryl methyl sites for hydroxylation is 2. The lowest BCUT2D eigenvalue weighted by molar-refractivity contribution is 0.166. The molecular weight excluding hydrogens is 180 g/mol. The van der Waals surface area contributed by atoms with Gasteiger partial charge in [0.05, 0.1) is 0 Å². The van der Waals surface area contributed by atoms with Gasteiger partial charge in [-0.05, 0) is 6.92 Å². The number of aliphatic hydroxyl groups excluding tert-OH is 1. The van der Waals surface area contributed by atoms with Gasteiger partial charge in [0.1, 0.15) is 17.6 Å². The van der Waals surface area contributed by atoms with Crippen LogP contribution < -0.4 is 5.32 Å². The fraction of sp³-hybridized carbons (Fsp3) is 0.700. The fourth-order valence-electron chi connectivity index (χ4n) is 1.30. The molecule has 0 saturated heterocycles. The van der Waals surface area contributed by atoms with Crippen molar-refractivity contribution < 1.29 is 9.52 Å². The summed E-state index contributed by atoms with van der Waals surface area (Å²) in [4.78, 5) is 4.13. The highest BCUT2D eigenvalue weighted by atomic mass is 16.4. The maximum Gasteiger partial charge on any atom is 0.191 e. The van der Waals surface area contributed by atoms with E-state index < -0.39 is 6.10 Å². The average molecular weight is 198 g/mol. The van der Waals surface area contributed by atoms with Crippen molar-refractivity contribution >= 4 is 0 Å². The zero-order valence-corrected chi connectivity index (χ0v) is 9.16. The lowest BCUT2D eigenvalue weighted by atomic mass is 10.2. The van der Waals surface area contributed by atoms with Crippen LogP contribution in [-0.4, -0.2) is 22.7 Å². The van der Waals surface area contributed by atoms with Gasteiger partial charge in [-0.15, -0.1) is 0 Å². The molecule has 1 unspecified atom stereocenters. The van der Waals surface area contributed by atoms with Gasteiger partial charge in [0.15, 0.2) is 5.89 Å². The molecule has 0 saturated carbocycles. The Labute approximate surface area is 84.3 Å². The highest BCUT2D eigenvalue weighted by Gasteiger charge is 2.15. The van der Waals surface area contributed by atoms with Gasteiger partial charge in [0.2, 0.25) is 0 Å². The summed E-state index contributed by atoms with van der Waals surface area (Å²) in [5, 5.41) is 12.9. The number of oxazole rings is 1. The predicted molar refractivity (Wildman–Crippen MR) is 54.1 cm³/mol. The number of aliphatic hydroxyl groups is 1. The molecule has 14 heavy (non-hydrogen) atoms. The van der Waals surface area contributed by atoms with Gasteiger partial charge in [0.25, 0.3) is 0 Å². The zero-order chi connectivity index (χ0) is 10.7. The van der Waals surface area contributed by atoms with Crippen molar-refractivity contribution in [1.29, 1.82) is 0 Å². The quantitative estimate of drug-likeness (QED) is 0.766. The second kappa shape index (κ2) is 4.57. The van der Waals surface area contributed by atoms with Crippen molar-refractivity contribution in [2.75, 3.05) is 6.54 Å². The van der Waals surface area contributed by atoms with Gasteiger partial charge in [-0.3, -0.25) is 0 Å². The third kappa shape index (κ3) is 2.82. The summed E-state index contributed by atoms with van der Waals surface area (Å²) in [5.74, 6) is 1.29. The summed E-state index contributed by atoms with van der Waals surface area (Å²) >= 11 is 0. The van der Waals surface area contributed by atoms with Crippen LogP contribution in [0.1, 0.15) is 37.3 Å². The molecule has 0 spiro atoms. The first-order valence-electron chi connectivity index (χ1n) is 4.86. The SMILES string of the molecule is Cc1nc(C(O)CNC(C)C)c(C)o1. The number of nitrogens with zero attached hydrogens (tertiary/aromatic N) is 1. The van der Waals surface area contributed by atoms with Crippen molar-refractivity contribution in [3.8, 4) is 0 Å². The average Bonchev–Trinajstić information content (AvgIpc) is 2.41. The molecule has 1 heterocycles. The maximum atomic E-state index is 9.78. The first-order valence-corrected chi connectivity index (χ1v) is 4.86. The van der Waals surface area contributed by atoms with E-state index in [1.165, 1.54) is 0 Å². The smallest absolute Gasteiger partial charge is 0.191 e. The fourth-order valence-corrected chi connectivity index (χ4v) is 1.30. The Kier molecular flexibility index (Phi) is 3.66. The van der Waals surface area contributed by atoms with E-state index in [-0.39, 0.29) is 0 Å². The Bertz CT molecular complexity index is 294. The minimum absolute atomic E-state index is 0.359. The molecular formula is C10H18N2O2.